The van der Waals surface area contributed by atoms with Gasteiger partial charge >= 0.3 is 5.97 Å². The lowest BCUT2D eigenvalue weighted by Gasteiger charge is -2.41. The van der Waals surface area contributed by atoms with Gasteiger partial charge < -0.3 is 20.3 Å². The maximum atomic E-state index is 12.6. The number of para-hydroxylation sites is 2. The van der Waals surface area contributed by atoms with E-state index < -0.39 is 0 Å². The number of nitrogens with zero attached hydrogens (tertiary/aromatic N) is 1. The molecule has 0 bridgehead atoms. The van der Waals surface area contributed by atoms with Crippen LogP contribution in [0.2, 0.25) is 0 Å². The molecular weight excluding hydrogens is 354 g/mol. The van der Waals surface area contributed by atoms with Crippen molar-refractivity contribution in [3.8, 4) is 0 Å². The lowest BCUT2D eigenvalue weighted by molar-refractivity contribution is -0.115. The van der Waals surface area contributed by atoms with Gasteiger partial charge in [0.2, 0.25) is 5.91 Å². The molecule has 0 radical (unpaired) electrons. The molecule has 2 aromatic carbocycles. The fraction of sp³-hybridized carbons (Fsp3) is 0.364. The molecule has 0 atom stereocenters. The second-order valence-electron chi connectivity index (χ2n) is 7.96. The second-order valence-corrected chi connectivity index (χ2v) is 7.96. The van der Waals surface area contributed by atoms with Crippen LogP contribution in [0.3, 0.4) is 0 Å². The second kappa shape index (κ2) is 7.92. The monoisotopic (exact) mass is 381 g/mol. The van der Waals surface area contributed by atoms with Crippen molar-refractivity contribution in [2.45, 2.75) is 39.3 Å². The molecular formula is C22H27N3O3. The molecule has 3 rings (SSSR count). The zero-order valence-electron chi connectivity index (χ0n) is 16.8. The number of hydrogen-bond acceptors (Lipinski definition) is 5. The summed E-state index contributed by atoms with van der Waals surface area (Å²) >= 11 is 0. The third-order valence-electron chi connectivity index (χ3n) is 4.39. The Morgan fingerprint density at radius 2 is 1.82 bits per heavy atom. The minimum absolute atomic E-state index is 0.106. The summed E-state index contributed by atoms with van der Waals surface area (Å²) in [5, 5.41) is 6.40. The minimum atomic E-state index is -0.368. The van der Waals surface area contributed by atoms with E-state index in [2.05, 4.69) is 29.4 Å². The maximum Gasteiger partial charge on any atom is 0.338 e. The van der Waals surface area contributed by atoms with E-state index in [-0.39, 0.29) is 30.1 Å². The zero-order valence-corrected chi connectivity index (χ0v) is 16.8. The van der Waals surface area contributed by atoms with Crippen LogP contribution in [0.4, 0.5) is 17.1 Å². The molecule has 2 N–H and O–H groups in total. The van der Waals surface area contributed by atoms with Gasteiger partial charge in [0.15, 0.2) is 0 Å². The average molecular weight is 381 g/mol. The number of esters is 1. The fourth-order valence-corrected chi connectivity index (χ4v) is 3.31. The van der Waals surface area contributed by atoms with Crippen molar-refractivity contribution in [3.05, 3.63) is 54.1 Å². The van der Waals surface area contributed by atoms with Crippen molar-refractivity contribution >= 4 is 28.9 Å². The summed E-state index contributed by atoms with van der Waals surface area (Å²) in [7, 11) is 0. The largest absolute Gasteiger partial charge is 0.459 e. The molecule has 1 aliphatic rings. The van der Waals surface area contributed by atoms with Crippen molar-refractivity contribution in [2.75, 3.05) is 28.6 Å². The lowest BCUT2D eigenvalue weighted by atomic mass is 9.99. The number of carbonyl (C=O) groups is 2. The number of hydrogen-bond donors (Lipinski definition) is 2. The molecule has 6 nitrogen and oxygen atoms in total. The van der Waals surface area contributed by atoms with E-state index in [0.29, 0.717) is 11.3 Å². The Morgan fingerprint density at radius 1 is 1.14 bits per heavy atom. The van der Waals surface area contributed by atoms with E-state index in [1.807, 2.05) is 38.1 Å². The van der Waals surface area contributed by atoms with E-state index in [1.54, 1.807) is 24.3 Å². The highest BCUT2D eigenvalue weighted by Crippen LogP contribution is 2.33. The summed E-state index contributed by atoms with van der Waals surface area (Å²) in [5.41, 5.74) is 3.02. The number of ether oxygens (including phenoxy) is 1. The van der Waals surface area contributed by atoms with Crippen LogP contribution >= 0.6 is 0 Å². The van der Waals surface area contributed by atoms with Gasteiger partial charge in [0.05, 0.1) is 29.6 Å². The number of nitrogens with one attached hydrogen (secondary N) is 2. The molecule has 0 fully saturated rings. The number of rotatable bonds is 5. The average Bonchev–Trinajstić information content (AvgIpc) is 2.60. The van der Waals surface area contributed by atoms with Gasteiger partial charge in [0, 0.05) is 17.8 Å². The van der Waals surface area contributed by atoms with E-state index in [1.165, 1.54) is 0 Å². The van der Waals surface area contributed by atoms with Gasteiger partial charge in [-0.2, -0.15) is 0 Å². The SMILES string of the molecule is CC(C)OC(=O)c1ccc(NC(=O)CN2CC(C)(C)Nc3ccccc32)cc1. The Morgan fingerprint density at radius 3 is 2.50 bits per heavy atom. The predicted molar refractivity (Wildman–Crippen MR) is 112 cm³/mol. The predicted octanol–water partition coefficient (Wildman–Crippen LogP) is 3.90. The van der Waals surface area contributed by atoms with E-state index in [9.17, 15) is 9.59 Å². The number of fused-ring (bicyclic) bond motifs is 1. The first kappa shape index (κ1) is 19.7. The van der Waals surface area contributed by atoms with Crippen LogP contribution in [0.1, 0.15) is 38.1 Å². The molecule has 0 saturated heterocycles. The first-order valence-electron chi connectivity index (χ1n) is 9.46. The fourth-order valence-electron chi connectivity index (χ4n) is 3.31. The molecule has 148 valence electrons. The van der Waals surface area contributed by atoms with Gasteiger partial charge in [0.1, 0.15) is 0 Å². The van der Waals surface area contributed by atoms with Crippen LogP contribution in [0.5, 0.6) is 0 Å². The molecule has 1 heterocycles. The lowest BCUT2D eigenvalue weighted by Crippen LogP contribution is -2.50. The van der Waals surface area contributed by atoms with Crippen molar-refractivity contribution < 1.29 is 14.3 Å². The number of carbonyl (C=O) groups excluding carboxylic acids is 2. The third-order valence-corrected chi connectivity index (χ3v) is 4.39. The van der Waals surface area contributed by atoms with Gasteiger partial charge in [-0.3, -0.25) is 4.79 Å². The highest BCUT2D eigenvalue weighted by Gasteiger charge is 2.30. The Balaban J connectivity index is 1.65. The summed E-state index contributed by atoms with van der Waals surface area (Å²) in [4.78, 5) is 26.6. The van der Waals surface area contributed by atoms with Crippen LogP contribution in [0.15, 0.2) is 48.5 Å². The molecule has 6 heteroatoms. The first-order valence-corrected chi connectivity index (χ1v) is 9.46. The van der Waals surface area contributed by atoms with Crippen molar-refractivity contribution in [3.63, 3.8) is 0 Å². The van der Waals surface area contributed by atoms with Crippen LogP contribution in [-0.4, -0.2) is 36.6 Å². The number of amides is 1. The number of anilines is 3. The molecule has 1 amide bonds. The topological polar surface area (TPSA) is 70.7 Å². The quantitative estimate of drug-likeness (QED) is 0.769. The first-order chi connectivity index (χ1) is 13.2. The van der Waals surface area contributed by atoms with E-state index >= 15 is 0 Å². The molecule has 1 aliphatic heterocycles. The molecule has 0 spiro atoms. The van der Waals surface area contributed by atoms with Crippen LogP contribution in [0.25, 0.3) is 0 Å². The zero-order chi connectivity index (χ0) is 20.3. The molecule has 28 heavy (non-hydrogen) atoms. The molecule has 0 aromatic heterocycles. The van der Waals surface area contributed by atoms with Crippen molar-refractivity contribution in [2.24, 2.45) is 0 Å². The number of benzene rings is 2. The smallest absolute Gasteiger partial charge is 0.338 e. The minimum Gasteiger partial charge on any atom is -0.459 e. The molecule has 2 aromatic rings. The van der Waals surface area contributed by atoms with Crippen LogP contribution in [-0.2, 0) is 9.53 Å². The summed E-state index contributed by atoms with van der Waals surface area (Å²) in [6, 6.07) is 14.7. The molecule has 0 saturated carbocycles. The highest BCUT2D eigenvalue weighted by molar-refractivity contribution is 5.96. The summed E-state index contributed by atoms with van der Waals surface area (Å²) in [5.74, 6) is -0.474. The Bertz CT molecular complexity index is 860. The van der Waals surface area contributed by atoms with Gasteiger partial charge in [-0.25, -0.2) is 4.79 Å². The summed E-state index contributed by atoms with van der Waals surface area (Å²) < 4.78 is 5.17. The Kier molecular flexibility index (Phi) is 5.58. The van der Waals surface area contributed by atoms with Gasteiger partial charge in [-0.1, -0.05) is 12.1 Å². The standard InChI is InChI=1S/C22H27N3O3/c1-15(2)28-21(27)16-9-11-17(12-10-16)23-20(26)13-25-14-22(3,4)24-18-7-5-6-8-19(18)25/h5-12,15,24H,13-14H2,1-4H3,(H,23,26). The summed E-state index contributed by atoms with van der Waals surface area (Å²) in [6.07, 6.45) is -0.168. The van der Waals surface area contributed by atoms with Gasteiger partial charge in [0.25, 0.3) is 0 Å². The Labute approximate surface area is 165 Å². The van der Waals surface area contributed by atoms with E-state index in [4.69, 9.17) is 4.74 Å². The molecule has 0 aliphatic carbocycles. The van der Waals surface area contributed by atoms with Gasteiger partial charge in [-0.05, 0) is 64.1 Å². The molecule has 0 unspecified atom stereocenters. The van der Waals surface area contributed by atoms with Crippen molar-refractivity contribution in [1.29, 1.82) is 0 Å². The summed E-state index contributed by atoms with van der Waals surface area (Å²) in [6.45, 7) is 8.81. The van der Waals surface area contributed by atoms with Crippen LogP contribution in [0, 0.1) is 0 Å². The third kappa shape index (κ3) is 4.82. The highest BCUT2D eigenvalue weighted by atomic mass is 16.5. The maximum absolute atomic E-state index is 12.6. The van der Waals surface area contributed by atoms with E-state index in [0.717, 1.165) is 17.9 Å². The van der Waals surface area contributed by atoms with Crippen molar-refractivity contribution in [1.82, 2.24) is 0 Å². The normalized spacial score (nSPS) is 14.8. The van der Waals surface area contributed by atoms with Crippen LogP contribution < -0.4 is 15.5 Å². The van der Waals surface area contributed by atoms with Gasteiger partial charge in [-0.15, -0.1) is 0 Å². The Hall–Kier alpha value is -3.02.